The van der Waals surface area contributed by atoms with E-state index in [0.29, 0.717) is 55.7 Å². The third-order valence-corrected chi connectivity index (χ3v) is 6.54. The lowest BCUT2D eigenvalue weighted by Crippen LogP contribution is -2.47. The Morgan fingerprint density at radius 1 is 1.07 bits per heavy atom. The van der Waals surface area contributed by atoms with Gasteiger partial charge in [0, 0.05) is 43.3 Å². The topological polar surface area (TPSA) is 87.2 Å². The number of hydrogen-bond acceptors (Lipinski definition) is 5. The number of sulfonamides is 1. The number of carboxylic acids is 1. The summed E-state index contributed by atoms with van der Waals surface area (Å²) in [5.41, 5.74) is 2.56. The summed E-state index contributed by atoms with van der Waals surface area (Å²) in [7, 11) is -3.19. The van der Waals surface area contributed by atoms with Crippen molar-refractivity contribution < 1.29 is 23.1 Å². The molecule has 7 nitrogen and oxygen atoms in total. The van der Waals surface area contributed by atoms with E-state index < -0.39 is 16.0 Å². The number of benzene rings is 2. The van der Waals surface area contributed by atoms with Crippen LogP contribution in [0.15, 0.2) is 42.5 Å². The second-order valence-electron chi connectivity index (χ2n) is 7.37. The van der Waals surface area contributed by atoms with Crippen molar-refractivity contribution in [3.05, 3.63) is 64.2 Å². The minimum Gasteiger partial charge on any atom is -0.489 e. The maximum absolute atomic E-state index is 11.7. The fraction of sp³-hybridized carbons (Fsp3) is 0.381. The van der Waals surface area contributed by atoms with Gasteiger partial charge in [0.15, 0.2) is 0 Å². The van der Waals surface area contributed by atoms with Crippen LogP contribution in [-0.4, -0.2) is 61.1 Å². The van der Waals surface area contributed by atoms with Gasteiger partial charge in [-0.15, -0.1) is 0 Å². The Labute approximate surface area is 181 Å². The third kappa shape index (κ3) is 6.43. The number of aliphatic carboxylic acids is 1. The molecule has 1 aliphatic heterocycles. The Bertz CT molecular complexity index is 987. The molecular formula is C21H25ClN2O5S. The molecule has 0 aliphatic carbocycles. The highest BCUT2D eigenvalue weighted by Gasteiger charge is 2.24. The molecule has 0 saturated carbocycles. The van der Waals surface area contributed by atoms with Crippen LogP contribution in [0.1, 0.15) is 16.7 Å². The van der Waals surface area contributed by atoms with Crippen molar-refractivity contribution in [2.24, 2.45) is 0 Å². The highest BCUT2D eigenvalue weighted by atomic mass is 35.5. The van der Waals surface area contributed by atoms with Crippen LogP contribution in [0.2, 0.25) is 5.02 Å². The third-order valence-electron chi connectivity index (χ3n) is 4.98. The number of halogens is 1. The van der Waals surface area contributed by atoms with Crippen molar-refractivity contribution in [3.63, 3.8) is 0 Å². The highest BCUT2D eigenvalue weighted by Crippen LogP contribution is 2.25. The number of ether oxygens (including phenoxy) is 1. The summed E-state index contributed by atoms with van der Waals surface area (Å²) < 4.78 is 30.9. The van der Waals surface area contributed by atoms with Gasteiger partial charge in [-0.1, -0.05) is 35.9 Å². The monoisotopic (exact) mass is 452 g/mol. The molecule has 0 unspecified atom stereocenters. The summed E-state index contributed by atoms with van der Waals surface area (Å²) in [5.74, 6) is -0.206. The molecule has 2 aromatic rings. The van der Waals surface area contributed by atoms with Gasteiger partial charge in [0.1, 0.15) is 12.4 Å². The van der Waals surface area contributed by atoms with Crippen LogP contribution in [0.25, 0.3) is 0 Å². The molecule has 9 heteroatoms. The summed E-state index contributed by atoms with van der Waals surface area (Å²) >= 11 is 5.92. The van der Waals surface area contributed by atoms with Crippen LogP contribution in [-0.2, 0) is 34.4 Å². The Balaban J connectivity index is 1.72. The summed E-state index contributed by atoms with van der Waals surface area (Å²) in [6.45, 7) is 3.01. The zero-order valence-electron chi connectivity index (χ0n) is 16.8. The molecule has 0 aromatic heterocycles. The zero-order chi connectivity index (χ0) is 21.7. The molecule has 1 heterocycles. The molecular weight excluding hydrogens is 428 g/mol. The van der Waals surface area contributed by atoms with Crippen molar-refractivity contribution in [3.8, 4) is 5.75 Å². The SMILES string of the molecule is CS(=O)(=O)N1CCN(Cc2cc(CC(=O)O)ccc2OCc2ccc(Cl)cc2)CC1. The Morgan fingerprint density at radius 3 is 2.30 bits per heavy atom. The van der Waals surface area contributed by atoms with Crippen LogP contribution in [0.4, 0.5) is 0 Å². The molecule has 3 rings (SSSR count). The van der Waals surface area contributed by atoms with Crippen LogP contribution in [0.3, 0.4) is 0 Å². The van der Waals surface area contributed by atoms with E-state index >= 15 is 0 Å². The molecule has 1 aliphatic rings. The summed E-state index contributed by atoms with van der Waals surface area (Å²) in [5, 5.41) is 9.77. The van der Waals surface area contributed by atoms with Gasteiger partial charge in [0.25, 0.3) is 0 Å². The first kappa shape index (κ1) is 22.6. The normalized spacial score (nSPS) is 15.8. The summed E-state index contributed by atoms with van der Waals surface area (Å²) in [6, 6.07) is 12.8. The van der Waals surface area contributed by atoms with Crippen molar-refractivity contribution in [2.45, 2.75) is 19.6 Å². The first-order chi connectivity index (χ1) is 14.2. The number of carboxylic acid groups (broad SMARTS) is 1. The van der Waals surface area contributed by atoms with Crippen LogP contribution < -0.4 is 4.74 Å². The number of carbonyl (C=O) groups is 1. The van der Waals surface area contributed by atoms with Gasteiger partial charge in [0.05, 0.1) is 12.7 Å². The zero-order valence-corrected chi connectivity index (χ0v) is 18.3. The quantitative estimate of drug-likeness (QED) is 0.662. The van der Waals surface area contributed by atoms with E-state index in [1.54, 1.807) is 24.3 Å². The molecule has 0 atom stereocenters. The van der Waals surface area contributed by atoms with Gasteiger partial charge in [-0.05, 0) is 29.3 Å². The number of rotatable bonds is 8. The molecule has 162 valence electrons. The maximum atomic E-state index is 11.7. The molecule has 1 N–H and O–H groups in total. The maximum Gasteiger partial charge on any atom is 0.307 e. The van der Waals surface area contributed by atoms with Crippen molar-refractivity contribution in [1.82, 2.24) is 9.21 Å². The average Bonchev–Trinajstić information content (AvgIpc) is 2.68. The van der Waals surface area contributed by atoms with Gasteiger partial charge >= 0.3 is 5.97 Å². The molecule has 1 saturated heterocycles. The van der Waals surface area contributed by atoms with Gasteiger partial charge in [0.2, 0.25) is 10.0 Å². The number of nitrogens with zero attached hydrogens (tertiary/aromatic N) is 2. The van der Waals surface area contributed by atoms with Gasteiger partial charge in [-0.25, -0.2) is 8.42 Å². The smallest absolute Gasteiger partial charge is 0.307 e. The number of hydrogen-bond donors (Lipinski definition) is 1. The number of piperazine rings is 1. The van der Waals surface area contributed by atoms with Crippen molar-refractivity contribution in [1.29, 1.82) is 0 Å². The Hall–Kier alpha value is -2.13. The van der Waals surface area contributed by atoms with E-state index in [9.17, 15) is 13.2 Å². The molecule has 0 amide bonds. The molecule has 2 aromatic carbocycles. The van der Waals surface area contributed by atoms with E-state index in [1.807, 2.05) is 18.2 Å². The Kier molecular flexibility index (Phi) is 7.36. The molecule has 0 spiro atoms. The van der Waals surface area contributed by atoms with Crippen LogP contribution >= 0.6 is 11.6 Å². The van der Waals surface area contributed by atoms with Crippen molar-refractivity contribution in [2.75, 3.05) is 32.4 Å². The van der Waals surface area contributed by atoms with E-state index in [2.05, 4.69) is 4.90 Å². The standard InChI is InChI=1S/C21H25ClN2O5S/c1-30(27,28)24-10-8-23(9-11-24)14-18-12-17(13-21(25)26)4-7-20(18)29-15-16-2-5-19(22)6-3-16/h2-7,12H,8-11,13-15H2,1H3,(H,25,26). The minimum absolute atomic E-state index is 0.0632. The van der Waals surface area contributed by atoms with Crippen LogP contribution in [0, 0.1) is 0 Å². The van der Waals surface area contributed by atoms with E-state index in [4.69, 9.17) is 21.4 Å². The lowest BCUT2D eigenvalue weighted by atomic mass is 10.1. The summed E-state index contributed by atoms with van der Waals surface area (Å²) in [6.07, 6.45) is 1.16. The fourth-order valence-electron chi connectivity index (χ4n) is 3.38. The minimum atomic E-state index is -3.19. The lowest BCUT2D eigenvalue weighted by Gasteiger charge is -2.33. The largest absolute Gasteiger partial charge is 0.489 e. The highest BCUT2D eigenvalue weighted by molar-refractivity contribution is 7.88. The lowest BCUT2D eigenvalue weighted by molar-refractivity contribution is -0.136. The van der Waals surface area contributed by atoms with E-state index in [-0.39, 0.29) is 6.42 Å². The van der Waals surface area contributed by atoms with E-state index in [0.717, 1.165) is 11.1 Å². The first-order valence-electron chi connectivity index (χ1n) is 9.59. The van der Waals surface area contributed by atoms with Crippen LogP contribution in [0.5, 0.6) is 5.75 Å². The molecule has 30 heavy (non-hydrogen) atoms. The molecule has 1 fully saturated rings. The summed E-state index contributed by atoms with van der Waals surface area (Å²) in [4.78, 5) is 13.3. The second-order valence-corrected chi connectivity index (χ2v) is 9.78. The average molecular weight is 453 g/mol. The first-order valence-corrected chi connectivity index (χ1v) is 11.8. The van der Waals surface area contributed by atoms with Gasteiger partial charge < -0.3 is 9.84 Å². The van der Waals surface area contributed by atoms with Gasteiger partial charge in [-0.2, -0.15) is 4.31 Å². The fourth-order valence-corrected chi connectivity index (χ4v) is 4.34. The predicted octanol–water partition coefficient (Wildman–Crippen LogP) is 2.62. The molecule has 0 radical (unpaired) electrons. The second kappa shape index (κ2) is 9.78. The molecule has 0 bridgehead atoms. The Morgan fingerprint density at radius 2 is 1.70 bits per heavy atom. The van der Waals surface area contributed by atoms with Crippen molar-refractivity contribution >= 4 is 27.6 Å². The predicted molar refractivity (Wildman–Crippen MR) is 115 cm³/mol. The van der Waals surface area contributed by atoms with Gasteiger partial charge in [-0.3, -0.25) is 9.69 Å². The van der Waals surface area contributed by atoms with E-state index in [1.165, 1.54) is 10.6 Å².